The van der Waals surface area contributed by atoms with E-state index in [1.165, 1.54) is 11.3 Å². The highest BCUT2D eigenvalue weighted by Crippen LogP contribution is 2.23. The molecule has 0 unspecified atom stereocenters. The third-order valence-corrected chi connectivity index (χ3v) is 3.06. The zero-order valence-electron chi connectivity index (χ0n) is 10.3. The van der Waals surface area contributed by atoms with E-state index in [0.29, 0.717) is 6.54 Å². The van der Waals surface area contributed by atoms with E-state index in [0.717, 1.165) is 10.7 Å². The SMILES string of the molecule is CC(C)(C)c1csc(CNCC(F)(F)CO)n1. The third-order valence-electron chi connectivity index (χ3n) is 2.21. The minimum atomic E-state index is -3.07. The van der Waals surface area contributed by atoms with Gasteiger partial charge in [-0.2, -0.15) is 0 Å². The van der Waals surface area contributed by atoms with Crippen molar-refractivity contribution in [3.63, 3.8) is 0 Å². The summed E-state index contributed by atoms with van der Waals surface area (Å²) in [5.41, 5.74) is 0.942. The van der Waals surface area contributed by atoms with Crippen molar-refractivity contribution in [2.75, 3.05) is 13.2 Å². The second-order valence-corrected chi connectivity index (χ2v) is 5.94. The van der Waals surface area contributed by atoms with Gasteiger partial charge in [0.25, 0.3) is 5.92 Å². The van der Waals surface area contributed by atoms with Crippen LogP contribution < -0.4 is 5.32 Å². The van der Waals surface area contributed by atoms with Crippen LogP contribution in [0, 0.1) is 0 Å². The zero-order valence-corrected chi connectivity index (χ0v) is 11.1. The molecule has 0 spiro atoms. The molecule has 1 rings (SSSR count). The number of rotatable bonds is 5. The topological polar surface area (TPSA) is 45.1 Å². The molecule has 98 valence electrons. The number of nitrogens with zero attached hydrogens (tertiary/aromatic N) is 1. The molecule has 2 N–H and O–H groups in total. The number of alkyl halides is 2. The van der Waals surface area contributed by atoms with Crippen LogP contribution in [-0.2, 0) is 12.0 Å². The molecule has 0 atom stereocenters. The summed E-state index contributed by atoms with van der Waals surface area (Å²) in [6.45, 7) is 4.80. The highest BCUT2D eigenvalue weighted by molar-refractivity contribution is 7.09. The van der Waals surface area contributed by atoms with Gasteiger partial charge in [0.2, 0.25) is 0 Å². The standard InChI is InChI=1S/C11H18F2N2OS/c1-10(2,3)8-5-17-9(15-8)4-14-6-11(12,13)7-16/h5,14,16H,4,6-7H2,1-3H3. The predicted molar refractivity (Wildman–Crippen MR) is 64.6 cm³/mol. The van der Waals surface area contributed by atoms with E-state index in [2.05, 4.69) is 31.1 Å². The maximum Gasteiger partial charge on any atom is 0.282 e. The molecule has 1 aromatic rings. The fraction of sp³-hybridized carbons (Fsp3) is 0.727. The van der Waals surface area contributed by atoms with E-state index in [-0.39, 0.29) is 5.41 Å². The van der Waals surface area contributed by atoms with Gasteiger partial charge in [-0.05, 0) is 0 Å². The maximum absolute atomic E-state index is 12.7. The van der Waals surface area contributed by atoms with Gasteiger partial charge in [-0.1, -0.05) is 20.8 Å². The van der Waals surface area contributed by atoms with Gasteiger partial charge in [0.05, 0.1) is 12.2 Å². The van der Waals surface area contributed by atoms with Gasteiger partial charge in [-0.25, -0.2) is 13.8 Å². The molecule has 0 amide bonds. The van der Waals surface area contributed by atoms with Crippen LogP contribution in [0.2, 0.25) is 0 Å². The van der Waals surface area contributed by atoms with Crippen LogP contribution >= 0.6 is 11.3 Å². The Morgan fingerprint density at radius 3 is 2.53 bits per heavy atom. The lowest BCUT2D eigenvalue weighted by Crippen LogP contribution is -2.35. The minimum Gasteiger partial charge on any atom is -0.390 e. The van der Waals surface area contributed by atoms with Gasteiger partial charge in [-0.3, -0.25) is 0 Å². The Morgan fingerprint density at radius 2 is 2.06 bits per heavy atom. The first kappa shape index (κ1) is 14.5. The molecule has 1 aromatic heterocycles. The smallest absolute Gasteiger partial charge is 0.282 e. The summed E-state index contributed by atoms with van der Waals surface area (Å²) in [6, 6.07) is 0. The molecule has 6 heteroatoms. The van der Waals surface area contributed by atoms with Gasteiger partial charge in [-0.15, -0.1) is 11.3 Å². The Morgan fingerprint density at radius 1 is 1.41 bits per heavy atom. The van der Waals surface area contributed by atoms with Crippen molar-refractivity contribution >= 4 is 11.3 Å². The second-order valence-electron chi connectivity index (χ2n) is 4.99. The van der Waals surface area contributed by atoms with E-state index in [1.54, 1.807) is 0 Å². The molecule has 0 bridgehead atoms. The van der Waals surface area contributed by atoms with Crippen molar-refractivity contribution in [1.82, 2.24) is 10.3 Å². The number of aromatic nitrogens is 1. The summed E-state index contributed by atoms with van der Waals surface area (Å²) in [4.78, 5) is 4.38. The number of halogens is 2. The van der Waals surface area contributed by atoms with Crippen LogP contribution in [0.15, 0.2) is 5.38 Å². The molecule has 3 nitrogen and oxygen atoms in total. The molecule has 0 saturated heterocycles. The first-order chi connectivity index (χ1) is 7.74. The number of aliphatic hydroxyl groups excluding tert-OH is 1. The highest BCUT2D eigenvalue weighted by Gasteiger charge is 2.27. The summed E-state index contributed by atoms with van der Waals surface area (Å²) >= 11 is 1.45. The van der Waals surface area contributed by atoms with Gasteiger partial charge in [0, 0.05) is 17.3 Å². The first-order valence-electron chi connectivity index (χ1n) is 5.39. The van der Waals surface area contributed by atoms with E-state index >= 15 is 0 Å². The lowest BCUT2D eigenvalue weighted by molar-refractivity contribution is -0.0477. The highest BCUT2D eigenvalue weighted by atomic mass is 32.1. The summed E-state index contributed by atoms with van der Waals surface area (Å²) in [5, 5.41) is 13.7. The Bertz CT molecular complexity index is 361. The number of thiazole rings is 1. The van der Waals surface area contributed by atoms with Crippen molar-refractivity contribution in [2.45, 2.75) is 38.7 Å². The van der Waals surface area contributed by atoms with E-state index in [1.807, 2.05) is 5.38 Å². The fourth-order valence-electron chi connectivity index (χ4n) is 1.14. The molecule has 0 radical (unpaired) electrons. The largest absolute Gasteiger partial charge is 0.390 e. The van der Waals surface area contributed by atoms with Crippen LogP contribution in [0.3, 0.4) is 0 Å². The van der Waals surface area contributed by atoms with Gasteiger partial charge in [0.1, 0.15) is 11.6 Å². The number of nitrogens with one attached hydrogen (secondary N) is 1. The average molecular weight is 264 g/mol. The van der Waals surface area contributed by atoms with Crippen molar-refractivity contribution in [3.05, 3.63) is 16.1 Å². The number of hydrogen-bond acceptors (Lipinski definition) is 4. The molecular weight excluding hydrogens is 246 g/mol. The molecule has 0 aliphatic rings. The lowest BCUT2D eigenvalue weighted by Gasteiger charge is -2.14. The fourth-order valence-corrected chi connectivity index (χ4v) is 2.14. The lowest BCUT2D eigenvalue weighted by atomic mass is 9.93. The van der Waals surface area contributed by atoms with Crippen LogP contribution in [0.1, 0.15) is 31.5 Å². The van der Waals surface area contributed by atoms with Crippen LogP contribution in [0.4, 0.5) is 8.78 Å². The monoisotopic (exact) mass is 264 g/mol. The predicted octanol–water partition coefficient (Wildman–Crippen LogP) is 2.16. The van der Waals surface area contributed by atoms with Gasteiger partial charge >= 0.3 is 0 Å². The molecule has 0 aliphatic heterocycles. The average Bonchev–Trinajstić information content (AvgIpc) is 2.66. The van der Waals surface area contributed by atoms with E-state index in [9.17, 15) is 8.78 Å². The third kappa shape index (κ3) is 4.65. The summed E-state index contributed by atoms with van der Waals surface area (Å²) < 4.78 is 25.4. The Kier molecular flexibility index (Phi) is 4.57. The Labute approximate surface area is 104 Å². The molecule has 0 fully saturated rings. The van der Waals surface area contributed by atoms with Crippen LogP contribution in [-0.4, -0.2) is 29.2 Å². The number of aliphatic hydroxyl groups is 1. The van der Waals surface area contributed by atoms with Crippen molar-refractivity contribution in [2.24, 2.45) is 0 Å². The Balaban J connectivity index is 2.46. The van der Waals surface area contributed by atoms with Crippen molar-refractivity contribution < 1.29 is 13.9 Å². The number of hydrogen-bond donors (Lipinski definition) is 2. The summed E-state index contributed by atoms with van der Waals surface area (Å²) in [5.74, 6) is -3.07. The van der Waals surface area contributed by atoms with Crippen molar-refractivity contribution in [1.29, 1.82) is 0 Å². The van der Waals surface area contributed by atoms with E-state index < -0.39 is 19.1 Å². The van der Waals surface area contributed by atoms with Crippen molar-refractivity contribution in [3.8, 4) is 0 Å². The van der Waals surface area contributed by atoms with E-state index in [4.69, 9.17) is 5.11 Å². The normalized spacial score (nSPS) is 13.1. The minimum absolute atomic E-state index is 0.0240. The summed E-state index contributed by atoms with van der Waals surface area (Å²) in [7, 11) is 0. The maximum atomic E-state index is 12.7. The molecule has 0 aliphatic carbocycles. The quantitative estimate of drug-likeness (QED) is 0.856. The Hall–Kier alpha value is -0.590. The molecule has 0 saturated carbocycles. The molecule has 0 aromatic carbocycles. The first-order valence-corrected chi connectivity index (χ1v) is 6.27. The van der Waals surface area contributed by atoms with Gasteiger partial charge in [0.15, 0.2) is 0 Å². The van der Waals surface area contributed by atoms with Crippen LogP contribution in [0.5, 0.6) is 0 Å². The second kappa shape index (κ2) is 5.37. The molecule has 1 heterocycles. The molecular formula is C11H18F2N2OS. The summed E-state index contributed by atoms with van der Waals surface area (Å²) in [6.07, 6.45) is 0. The van der Waals surface area contributed by atoms with Gasteiger partial charge < -0.3 is 10.4 Å². The molecule has 17 heavy (non-hydrogen) atoms. The zero-order chi connectivity index (χ0) is 13.1. The van der Waals surface area contributed by atoms with Crippen LogP contribution in [0.25, 0.3) is 0 Å².